The molecule has 1 heterocycles. The largest absolute Gasteiger partial charge is 0.307 e. The SMILES string of the molecule is C=CC(=O)Nc1cccc(NC(=O)C=C)n1. The summed E-state index contributed by atoms with van der Waals surface area (Å²) in [7, 11) is 0. The highest BCUT2D eigenvalue weighted by atomic mass is 16.2. The first-order valence-electron chi connectivity index (χ1n) is 4.49. The monoisotopic (exact) mass is 217 g/mol. The third-order valence-electron chi connectivity index (χ3n) is 1.62. The molecule has 0 fully saturated rings. The number of aromatic nitrogens is 1. The van der Waals surface area contributed by atoms with Crippen molar-refractivity contribution in [1.29, 1.82) is 0 Å². The van der Waals surface area contributed by atoms with Crippen molar-refractivity contribution in [3.05, 3.63) is 43.5 Å². The fourth-order valence-electron chi connectivity index (χ4n) is 0.928. The van der Waals surface area contributed by atoms with Crippen molar-refractivity contribution in [2.24, 2.45) is 0 Å². The molecule has 5 nitrogen and oxygen atoms in total. The maximum atomic E-state index is 11.0. The maximum Gasteiger partial charge on any atom is 0.248 e. The van der Waals surface area contributed by atoms with Crippen LogP contribution in [-0.2, 0) is 9.59 Å². The van der Waals surface area contributed by atoms with Crippen molar-refractivity contribution in [2.45, 2.75) is 0 Å². The molecular formula is C11H11N3O2. The van der Waals surface area contributed by atoms with Crippen LogP contribution >= 0.6 is 0 Å². The molecule has 1 aromatic heterocycles. The van der Waals surface area contributed by atoms with E-state index < -0.39 is 0 Å². The Balaban J connectivity index is 2.78. The van der Waals surface area contributed by atoms with Crippen molar-refractivity contribution in [3.63, 3.8) is 0 Å². The average Bonchev–Trinajstić information content (AvgIpc) is 2.29. The van der Waals surface area contributed by atoms with E-state index in [2.05, 4.69) is 28.8 Å². The Morgan fingerprint density at radius 1 is 1.06 bits per heavy atom. The van der Waals surface area contributed by atoms with Crippen molar-refractivity contribution >= 4 is 23.5 Å². The first-order chi connectivity index (χ1) is 7.65. The van der Waals surface area contributed by atoms with E-state index >= 15 is 0 Å². The Bertz CT molecular complexity index is 403. The van der Waals surface area contributed by atoms with Gasteiger partial charge in [-0.25, -0.2) is 4.98 Å². The minimum Gasteiger partial charge on any atom is -0.307 e. The molecule has 0 radical (unpaired) electrons. The van der Waals surface area contributed by atoms with Crippen LogP contribution in [0.4, 0.5) is 11.6 Å². The zero-order chi connectivity index (χ0) is 12.0. The molecular weight excluding hydrogens is 206 g/mol. The first-order valence-corrected chi connectivity index (χ1v) is 4.49. The van der Waals surface area contributed by atoms with E-state index in [0.717, 1.165) is 12.2 Å². The predicted octanol–water partition coefficient (Wildman–Crippen LogP) is 1.33. The number of rotatable bonds is 4. The molecule has 1 aromatic rings. The fourth-order valence-corrected chi connectivity index (χ4v) is 0.928. The van der Waals surface area contributed by atoms with Crippen LogP contribution in [0.3, 0.4) is 0 Å². The quantitative estimate of drug-likeness (QED) is 0.747. The lowest BCUT2D eigenvalue weighted by molar-refractivity contribution is -0.112. The summed E-state index contributed by atoms with van der Waals surface area (Å²) in [6.07, 6.45) is 2.27. The fraction of sp³-hybridized carbons (Fsp3) is 0. The van der Waals surface area contributed by atoms with Crippen molar-refractivity contribution in [2.75, 3.05) is 10.6 Å². The Kier molecular flexibility index (Phi) is 3.97. The highest BCUT2D eigenvalue weighted by molar-refractivity contribution is 5.99. The zero-order valence-electron chi connectivity index (χ0n) is 8.56. The standard InChI is InChI=1S/C11H11N3O2/c1-3-10(15)13-8-6-5-7-9(12-8)14-11(16)4-2/h3-7H,1-2H2,(H2,12,13,14,15,16). The van der Waals surface area contributed by atoms with E-state index in [4.69, 9.17) is 0 Å². The highest BCUT2D eigenvalue weighted by Crippen LogP contribution is 2.08. The Morgan fingerprint density at radius 2 is 1.50 bits per heavy atom. The van der Waals surface area contributed by atoms with Gasteiger partial charge in [0.15, 0.2) is 0 Å². The molecule has 0 spiro atoms. The molecule has 0 saturated carbocycles. The second kappa shape index (κ2) is 5.45. The molecule has 16 heavy (non-hydrogen) atoms. The molecule has 2 amide bonds. The second-order valence-corrected chi connectivity index (χ2v) is 2.79. The van der Waals surface area contributed by atoms with Crippen LogP contribution in [0.25, 0.3) is 0 Å². The number of hydrogen-bond donors (Lipinski definition) is 2. The molecule has 0 atom stereocenters. The lowest BCUT2D eigenvalue weighted by Crippen LogP contribution is -2.12. The number of hydrogen-bond acceptors (Lipinski definition) is 3. The van der Waals surface area contributed by atoms with Gasteiger partial charge in [-0.1, -0.05) is 19.2 Å². The number of nitrogens with one attached hydrogen (secondary N) is 2. The summed E-state index contributed by atoms with van der Waals surface area (Å²) in [5.74, 6) is -0.0436. The normalized spacial score (nSPS) is 9.00. The van der Waals surface area contributed by atoms with Gasteiger partial charge in [0.2, 0.25) is 11.8 Å². The van der Waals surface area contributed by atoms with E-state index in [1.54, 1.807) is 18.2 Å². The molecule has 0 aliphatic carbocycles. The number of carbonyl (C=O) groups excluding carboxylic acids is 2. The summed E-state index contributed by atoms with van der Waals surface area (Å²) < 4.78 is 0. The van der Waals surface area contributed by atoms with E-state index in [0.29, 0.717) is 11.6 Å². The predicted molar refractivity (Wildman–Crippen MR) is 61.9 cm³/mol. The van der Waals surface area contributed by atoms with Gasteiger partial charge in [-0.05, 0) is 24.3 Å². The highest BCUT2D eigenvalue weighted by Gasteiger charge is 2.01. The van der Waals surface area contributed by atoms with E-state index in [-0.39, 0.29) is 11.8 Å². The van der Waals surface area contributed by atoms with Crippen molar-refractivity contribution in [3.8, 4) is 0 Å². The molecule has 0 aliphatic heterocycles. The molecule has 0 aromatic carbocycles. The molecule has 0 aliphatic rings. The first kappa shape index (κ1) is 11.6. The van der Waals surface area contributed by atoms with Gasteiger partial charge in [-0.3, -0.25) is 9.59 Å². The number of carbonyl (C=O) groups is 2. The minimum absolute atomic E-state index is 0.340. The molecule has 1 rings (SSSR count). The lowest BCUT2D eigenvalue weighted by atomic mass is 10.4. The van der Waals surface area contributed by atoms with Crippen LogP contribution in [0.2, 0.25) is 0 Å². The molecule has 5 heteroatoms. The number of nitrogens with zero attached hydrogens (tertiary/aromatic N) is 1. The smallest absolute Gasteiger partial charge is 0.248 e. The topological polar surface area (TPSA) is 71.1 Å². The molecule has 2 N–H and O–H groups in total. The van der Waals surface area contributed by atoms with E-state index in [1.807, 2.05) is 0 Å². The molecule has 0 saturated heterocycles. The summed E-state index contributed by atoms with van der Waals surface area (Å²) in [6, 6.07) is 4.86. The summed E-state index contributed by atoms with van der Waals surface area (Å²) >= 11 is 0. The Hall–Kier alpha value is -2.43. The van der Waals surface area contributed by atoms with Crippen molar-refractivity contribution in [1.82, 2.24) is 4.98 Å². The van der Waals surface area contributed by atoms with Crippen LogP contribution in [0.1, 0.15) is 0 Å². The van der Waals surface area contributed by atoms with Crippen LogP contribution in [0.5, 0.6) is 0 Å². The number of amides is 2. The second-order valence-electron chi connectivity index (χ2n) is 2.79. The Labute approximate surface area is 92.9 Å². The van der Waals surface area contributed by atoms with Crippen LogP contribution < -0.4 is 10.6 Å². The Morgan fingerprint density at radius 3 is 1.88 bits per heavy atom. The number of anilines is 2. The van der Waals surface area contributed by atoms with Gasteiger partial charge in [0, 0.05) is 0 Å². The molecule has 0 unspecified atom stereocenters. The van der Waals surface area contributed by atoms with Gasteiger partial charge in [-0.15, -0.1) is 0 Å². The van der Waals surface area contributed by atoms with E-state index in [1.165, 1.54) is 0 Å². The summed E-state index contributed by atoms with van der Waals surface area (Å²) in [6.45, 7) is 6.64. The third-order valence-corrected chi connectivity index (χ3v) is 1.62. The van der Waals surface area contributed by atoms with Crippen molar-refractivity contribution < 1.29 is 9.59 Å². The van der Waals surface area contributed by atoms with Gasteiger partial charge >= 0.3 is 0 Å². The molecule has 0 bridgehead atoms. The third kappa shape index (κ3) is 3.38. The minimum atomic E-state index is -0.361. The van der Waals surface area contributed by atoms with E-state index in [9.17, 15) is 9.59 Å². The van der Waals surface area contributed by atoms with Gasteiger partial charge in [-0.2, -0.15) is 0 Å². The summed E-state index contributed by atoms with van der Waals surface area (Å²) in [4.78, 5) is 26.0. The number of pyridine rings is 1. The van der Waals surface area contributed by atoms with Gasteiger partial charge in [0.1, 0.15) is 11.6 Å². The van der Waals surface area contributed by atoms with Gasteiger partial charge in [0.25, 0.3) is 0 Å². The summed E-state index contributed by atoms with van der Waals surface area (Å²) in [5, 5.41) is 4.96. The molecule has 82 valence electrons. The summed E-state index contributed by atoms with van der Waals surface area (Å²) in [5.41, 5.74) is 0. The average molecular weight is 217 g/mol. The maximum absolute atomic E-state index is 11.0. The van der Waals surface area contributed by atoms with Crippen LogP contribution in [-0.4, -0.2) is 16.8 Å². The lowest BCUT2D eigenvalue weighted by Gasteiger charge is -2.04. The van der Waals surface area contributed by atoms with Gasteiger partial charge in [0.05, 0.1) is 0 Å². The van der Waals surface area contributed by atoms with Crippen LogP contribution in [0.15, 0.2) is 43.5 Å². The van der Waals surface area contributed by atoms with Gasteiger partial charge < -0.3 is 10.6 Å². The zero-order valence-corrected chi connectivity index (χ0v) is 8.56. The van der Waals surface area contributed by atoms with Crippen LogP contribution in [0, 0.1) is 0 Å².